The zero-order valence-corrected chi connectivity index (χ0v) is 17.1. The largest absolute Gasteiger partial charge is 0.465 e. The molecular weight excluding hydrogens is 492 g/mol. The summed E-state index contributed by atoms with van der Waals surface area (Å²) in [5, 5.41) is 2.84. The maximum Gasteiger partial charge on any atom is 0.459 e. The van der Waals surface area contributed by atoms with Crippen molar-refractivity contribution in [3.63, 3.8) is 0 Å². The number of aromatic nitrogens is 4. The number of carbonyl (C=O) groups is 1. The molecule has 2 heterocycles. The molecule has 3 aromatic rings. The van der Waals surface area contributed by atoms with Gasteiger partial charge in [-0.1, -0.05) is 17.7 Å². The van der Waals surface area contributed by atoms with Crippen LogP contribution in [-0.4, -0.2) is 38.6 Å². The number of alkyl halides is 8. The van der Waals surface area contributed by atoms with Gasteiger partial charge in [0.1, 0.15) is 17.7 Å². The van der Waals surface area contributed by atoms with Gasteiger partial charge in [-0.2, -0.15) is 40.2 Å². The van der Waals surface area contributed by atoms with Crippen molar-refractivity contribution in [1.82, 2.24) is 19.3 Å². The van der Waals surface area contributed by atoms with Crippen LogP contribution in [0.4, 0.5) is 35.1 Å². The average Bonchev–Trinajstić information content (AvgIpc) is 3.31. The van der Waals surface area contributed by atoms with Crippen LogP contribution in [0.5, 0.6) is 0 Å². The predicted molar refractivity (Wildman–Crippen MR) is 97.1 cm³/mol. The van der Waals surface area contributed by atoms with E-state index >= 15 is 0 Å². The Hall–Kier alpha value is -3.16. The summed E-state index contributed by atoms with van der Waals surface area (Å²) in [6, 6.07) is 3.87. The molecule has 6 nitrogen and oxygen atoms in total. The van der Waals surface area contributed by atoms with Gasteiger partial charge in [-0.3, -0.25) is 9.25 Å². The summed E-state index contributed by atoms with van der Waals surface area (Å²) in [7, 11) is 1.87. The van der Waals surface area contributed by atoms with Crippen molar-refractivity contribution in [2.24, 2.45) is 7.05 Å². The molecule has 1 aromatic carbocycles. The lowest BCUT2D eigenvalue weighted by atomic mass is 10.1. The molecular formula is C18H11ClF8N4O2. The van der Waals surface area contributed by atoms with Gasteiger partial charge in [0.2, 0.25) is 0 Å². The van der Waals surface area contributed by atoms with Crippen LogP contribution in [0.3, 0.4) is 0 Å². The lowest BCUT2D eigenvalue weighted by molar-refractivity contribution is -0.292. The highest BCUT2D eigenvalue weighted by Gasteiger charge is 2.64. The van der Waals surface area contributed by atoms with Gasteiger partial charge in [-0.15, -0.1) is 0 Å². The first-order valence-corrected chi connectivity index (χ1v) is 8.99. The van der Waals surface area contributed by atoms with Crippen LogP contribution in [0.2, 0.25) is 5.02 Å². The van der Waals surface area contributed by atoms with E-state index in [2.05, 4.69) is 14.8 Å². The fourth-order valence-electron chi connectivity index (χ4n) is 2.97. The molecule has 0 aliphatic rings. The molecule has 0 unspecified atom stereocenters. The molecule has 0 saturated carbocycles. The smallest absolute Gasteiger partial charge is 0.459 e. The molecule has 0 aliphatic carbocycles. The van der Waals surface area contributed by atoms with E-state index in [1.807, 2.05) is 0 Å². The van der Waals surface area contributed by atoms with Crippen LogP contribution < -0.4 is 0 Å². The SMILES string of the molecule is COC(=O)c1cc(-c2cn(-c3c(C(F)(F)F)c(C(F)(F)C(F)(F)F)nn3C)cn2)ccc1Cl. The zero-order valence-electron chi connectivity index (χ0n) is 16.4. The normalized spacial score (nSPS) is 12.8. The van der Waals surface area contributed by atoms with Crippen LogP contribution >= 0.6 is 11.6 Å². The lowest BCUT2D eigenvalue weighted by Crippen LogP contribution is -2.36. The van der Waals surface area contributed by atoms with Crippen molar-refractivity contribution in [3.05, 3.63) is 52.6 Å². The Balaban J connectivity index is 2.18. The number of hydrogen-bond acceptors (Lipinski definition) is 4. The van der Waals surface area contributed by atoms with Gasteiger partial charge in [-0.05, 0) is 12.1 Å². The van der Waals surface area contributed by atoms with Crippen molar-refractivity contribution in [2.75, 3.05) is 7.11 Å². The number of ether oxygens (including phenoxy) is 1. The number of halogens is 9. The van der Waals surface area contributed by atoms with Crippen molar-refractivity contribution in [1.29, 1.82) is 0 Å². The number of rotatable bonds is 4. The average molecular weight is 503 g/mol. The van der Waals surface area contributed by atoms with E-state index in [0.717, 1.165) is 26.7 Å². The number of esters is 1. The number of benzene rings is 1. The second kappa shape index (κ2) is 8.01. The van der Waals surface area contributed by atoms with Crippen LogP contribution in [0.15, 0.2) is 30.7 Å². The van der Waals surface area contributed by atoms with Crippen molar-refractivity contribution < 1.29 is 44.7 Å². The highest BCUT2D eigenvalue weighted by atomic mass is 35.5. The summed E-state index contributed by atoms with van der Waals surface area (Å²) in [4.78, 5) is 15.6. The van der Waals surface area contributed by atoms with Crippen LogP contribution in [0, 0.1) is 0 Å². The fraction of sp³-hybridized carbons (Fsp3) is 0.278. The number of aryl methyl sites for hydroxylation is 1. The minimum Gasteiger partial charge on any atom is -0.465 e. The second-order valence-electron chi connectivity index (χ2n) is 6.59. The molecule has 15 heteroatoms. The van der Waals surface area contributed by atoms with E-state index in [-0.39, 0.29) is 26.5 Å². The molecule has 0 saturated heterocycles. The Morgan fingerprint density at radius 3 is 2.27 bits per heavy atom. The molecule has 0 N–H and O–H groups in total. The number of imidazole rings is 1. The Morgan fingerprint density at radius 2 is 1.73 bits per heavy atom. The molecule has 178 valence electrons. The van der Waals surface area contributed by atoms with Crippen LogP contribution in [0.25, 0.3) is 17.1 Å². The fourth-order valence-corrected chi connectivity index (χ4v) is 3.16. The van der Waals surface area contributed by atoms with E-state index in [1.165, 1.54) is 18.2 Å². The van der Waals surface area contributed by atoms with Crippen molar-refractivity contribution in [3.8, 4) is 17.1 Å². The molecule has 0 amide bonds. The summed E-state index contributed by atoms with van der Waals surface area (Å²) >= 11 is 5.91. The maximum absolute atomic E-state index is 13.8. The molecule has 3 rings (SSSR count). The van der Waals surface area contributed by atoms with E-state index in [0.29, 0.717) is 4.57 Å². The maximum atomic E-state index is 13.8. The van der Waals surface area contributed by atoms with E-state index in [4.69, 9.17) is 11.6 Å². The monoisotopic (exact) mass is 502 g/mol. The first-order chi connectivity index (χ1) is 15.1. The van der Waals surface area contributed by atoms with E-state index in [9.17, 15) is 39.9 Å². The third-order valence-electron chi connectivity index (χ3n) is 4.45. The summed E-state index contributed by atoms with van der Waals surface area (Å²) in [5.74, 6) is -7.81. The van der Waals surface area contributed by atoms with Gasteiger partial charge >= 0.3 is 24.2 Å². The van der Waals surface area contributed by atoms with Crippen LogP contribution in [-0.2, 0) is 23.9 Å². The number of methoxy groups -OCH3 is 1. The van der Waals surface area contributed by atoms with Gasteiger partial charge in [0, 0.05) is 18.8 Å². The summed E-state index contributed by atoms with van der Waals surface area (Å²) < 4.78 is 112. The first-order valence-electron chi connectivity index (χ1n) is 8.61. The third-order valence-corrected chi connectivity index (χ3v) is 4.78. The lowest BCUT2D eigenvalue weighted by Gasteiger charge is -2.19. The quantitative estimate of drug-likeness (QED) is 0.355. The number of carbonyl (C=O) groups excluding carboxylic acids is 1. The van der Waals surface area contributed by atoms with Gasteiger partial charge < -0.3 is 4.74 Å². The molecule has 0 atom stereocenters. The Labute approximate surface area is 184 Å². The number of hydrogen-bond donors (Lipinski definition) is 0. The minimum absolute atomic E-state index is 0.00930. The van der Waals surface area contributed by atoms with E-state index < -0.39 is 41.3 Å². The van der Waals surface area contributed by atoms with Gasteiger partial charge in [0.15, 0.2) is 5.69 Å². The Bertz CT molecular complexity index is 1210. The highest BCUT2D eigenvalue weighted by molar-refractivity contribution is 6.33. The summed E-state index contributed by atoms with van der Waals surface area (Å²) in [6.07, 6.45) is -10.2. The van der Waals surface area contributed by atoms with Gasteiger partial charge in [-0.25, -0.2) is 9.78 Å². The molecule has 0 aliphatic heterocycles. The van der Waals surface area contributed by atoms with E-state index in [1.54, 1.807) is 0 Å². The topological polar surface area (TPSA) is 61.9 Å². The molecule has 0 fully saturated rings. The predicted octanol–water partition coefficient (Wildman–Crippen LogP) is 5.39. The zero-order chi connectivity index (χ0) is 24.9. The van der Waals surface area contributed by atoms with Gasteiger partial charge in [0.25, 0.3) is 0 Å². The molecule has 33 heavy (non-hydrogen) atoms. The first kappa shape index (κ1) is 24.5. The number of nitrogens with zero attached hydrogens (tertiary/aromatic N) is 4. The van der Waals surface area contributed by atoms with Crippen molar-refractivity contribution in [2.45, 2.75) is 18.3 Å². The van der Waals surface area contributed by atoms with Gasteiger partial charge in [0.05, 0.1) is 23.4 Å². The highest BCUT2D eigenvalue weighted by Crippen LogP contribution is 2.49. The standard InChI is InChI=1S/C18H11ClF8N4O2/c1-30-14(12(17(22,23)24)13(29-30)16(20,21)18(25,26)27)31-6-11(28-7-31)8-3-4-10(19)9(5-8)15(32)33-2/h3-7H,1-2H3. The minimum atomic E-state index is -6.31. The molecule has 0 spiro atoms. The molecule has 0 radical (unpaired) electrons. The van der Waals surface area contributed by atoms with Crippen LogP contribution in [0.1, 0.15) is 21.6 Å². The van der Waals surface area contributed by atoms with Crippen molar-refractivity contribution >= 4 is 17.6 Å². The molecule has 0 bridgehead atoms. The second-order valence-corrected chi connectivity index (χ2v) is 7.00. The molecule has 2 aromatic heterocycles. The third kappa shape index (κ3) is 4.26. The Kier molecular flexibility index (Phi) is 5.94. The summed E-state index contributed by atoms with van der Waals surface area (Å²) in [5.41, 5.74) is -4.72. The Morgan fingerprint density at radius 1 is 1.09 bits per heavy atom. The summed E-state index contributed by atoms with van der Waals surface area (Å²) in [6.45, 7) is 0.